The highest BCUT2D eigenvalue weighted by molar-refractivity contribution is 7.91. The summed E-state index contributed by atoms with van der Waals surface area (Å²) in [5, 5.41) is 4.50. The Bertz CT molecular complexity index is 1730. The van der Waals surface area contributed by atoms with E-state index in [1.54, 1.807) is 18.3 Å². The molecule has 0 saturated heterocycles. The number of nitrogens with one attached hydrogen (secondary N) is 1. The predicted molar refractivity (Wildman–Crippen MR) is 143 cm³/mol. The summed E-state index contributed by atoms with van der Waals surface area (Å²) < 4.78 is 62.7. The molecule has 2 aliphatic rings. The molecule has 2 aromatic heterocycles. The summed E-state index contributed by atoms with van der Waals surface area (Å²) in [5.74, 6) is 0.212. The van der Waals surface area contributed by atoms with Gasteiger partial charge in [0.2, 0.25) is 0 Å². The van der Waals surface area contributed by atoms with E-state index < -0.39 is 22.2 Å². The Kier molecular flexibility index (Phi) is 6.80. The van der Waals surface area contributed by atoms with E-state index in [0.29, 0.717) is 36.0 Å². The van der Waals surface area contributed by atoms with Crippen molar-refractivity contribution in [2.75, 3.05) is 30.4 Å². The van der Waals surface area contributed by atoms with Crippen LogP contribution in [0.2, 0.25) is 0 Å². The number of fused-ring (bicyclic) bond motifs is 3. The van der Waals surface area contributed by atoms with Crippen LogP contribution in [0.5, 0.6) is 5.75 Å². The first-order chi connectivity index (χ1) is 19.3. The van der Waals surface area contributed by atoms with Gasteiger partial charge in [-0.2, -0.15) is 0 Å². The van der Waals surface area contributed by atoms with E-state index in [1.807, 2.05) is 29.2 Å². The first kappa shape index (κ1) is 26.1. The van der Waals surface area contributed by atoms with Gasteiger partial charge in [-0.1, -0.05) is 12.1 Å². The summed E-state index contributed by atoms with van der Waals surface area (Å²) >= 11 is 0. The lowest BCUT2D eigenvalue weighted by atomic mass is 10.1. The van der Waals surface area contributed by atoms with Crippen LogP contribution in [0.4, 0.5) is 20.3 Å². The molecule has 0 spiro atoms. The normalized spacial score (nSPS) is 16.1. The number of nitrogens with zero attached hydrogens (tertiary/aromatic N) is 3. The number of hydrogen-bond acceptors (Lipinski definition) is 8. The van der Waals surface area contributed by atoms with Gasteiger partial charge in [0.15, 0.2) is 21.4 Å². The summed E-state index contributed by atoms with van der Waals surface area (Å²) in [6.45, 7) is 1.23. The fraction of sp³-hybridized carbons (Fsp3) is 0.250. The molecule has 0 saturated carbocycles. The Hall–Kier alpha value is -4.16. The van der Waals surface area contributed by atoms with Gasteiger partial charge in [0.25, 0.3) is 12.3 Å². The Morgan fingerprint density at radius 2 is 1.93 bits per heavy atom. The number of carbonyl (C=O) groups is 1. The van der Waals surface area contributed by atoms with E-state index in [0.717, 1.165) is 16.5 Å². The SMILES string of the molecule is O=C(NCc1cc2cc(N3CCOc4ccc(C(F)F)nc43)ccc2cn1)c1ccc2c(c1)S(=O)(=O)CCOC2. The van der Waals surface area contributed by atoms with Crippen LogP contribution in [0.25, 0.3) is 10.8 Å². The number of pyridine rings is 2. The summed E-state index contributed by atoms with van der Waals surface area (Å²) in [5.41, 5.74) is 1.79. The average molecular weight is 567 g/mol. The van der Waals surface area contributed by atoms with E-state index >= 15 is 0 Å². The summed E-state index contributed by atoms with van der Waals surface area (Å²) in [7, 11) is -3.54. The summed E-state index contributed by atoms with van der Waals surface area (Å²) in [4.78, 5) is 23.4. The second-order valence-electron chi connectivity index (χ2n) is 9.44. The molecule has 0 radical (unpaired) electrons. The molecule has 0 unspecified atom stereocenters. The van der Waals surface area contributed by atoms with Crippen LogP contribution in [0.1, 0.15) is 33.7 Å². The van der Waals surface area contributed by atoms with Gasteiger partial charge in [0.05, 0.1) is 42.6 Å². The van der Waals surface area contributed by atoms with Crippen LogP contribution in [0, 0.1) is 0 Å². The summed E-state index contributed by atoms with van der Waals surface area (Å²) in [6, 6.07) is 14.8. The maximum absolute atomic E-state index is 13.3. The number of hydrogen-bond donors (Lipinski definition) is 1. The van der Waals surface area contributed by atoms with Gasteiger partial charge in [-0.25, -0.2) is 22.2 Å². The minimum Gasteiger partial charge on any atom is -0.488 e. The van der Waals surface area contributed by atoms with Crippen LogP contribution in [0.3, 0.4) is 0 Å². The average Bonchev–Trinajstić information content (AvgIpc) is 3.12. The van der Waals surface area contributed by atoms with Gasteiger partial charge < -0.3 is 19.7 Å². The van der Waals surface area contributed by atoms with E-state index in [4.69, 9.17) is 9.47 Å². The lowest BCUT2D eigenvalue weighted by Crippen LogP contribution is -2.29. The first-order valence-corrected chi connectivity index (χ1v) is 14.2. The third-order valence-electron chi connectivity index (χ3n) is 6.83. The molecule has 0 atom stereocenters. The Balaban J connectivity index is 1.22. The van der Waals surface area contributed by atoms with Crippen LogP contribution in [0.15, 0.2) is 65.7 Å². The number of anilines is 2. The molecule has 2 aliphatic heterocycles. The maximum atomic E-state index is 13.3. The summed E-state index contributed by atoms with van der Waals surface area (Å²) in [6.07, 6.45) is -1.01. The van der Waals surface area contributed by atoms with Gasteiger partial charge in [-0.05, 0) is 53.4 Å². The predicted octanol–water partition coefficient (Wildman–Crippen LogP) is 4.33. The second kappa shape index (κ2) is 10.4. The molecule has 0 fully saturated rings. The highest BCUT2D eigenvalue weighted by atomic mass is 32.2. The van der Waals surface area contributed by atoms with Crippen molar-refractivity contribution in [2.24, 2.45) is 0 Å². The van der Waals surface area contributed by atoms with Crippen LogP contribution in [-0.2, 0) is 27.7 Å². The smallest absolute Gasteiger partial charge is 0.280 e. The molecular weight excluding hydrogens is 542 g/mol. The second-order valence-corrected chi connectivity index (χ2v) is 11.5. The molecule has 40 heavy (non-hydrogen) atoms. The number of sulfone groups is 1. The van der Waals surface area contributed by atoms with Crippen molar-refractivity contribution in [3.05, 3.63) is 83.3 Å². The monoisotopic (exact) mass is 566 g/mol. The topological polar surface area (TPSA) is 111 Å². The number of amides is 1. The quantitative estimate of drug-likeness (QED) is 0.380. The molecule has 2 aromatic carbocycles. The van der Waals surface area contributed by atoms with Crippen molar-refractivity contribution in [1.29, 1.82) is 0 Å². The van der Waals surface area contributed by atoms with Crippen LogP contribution >= 0.6 is 0 Å². The van der Waals surface area contributed by atoms with E-state index in [-0.39, 0.29) is 41.7 Å². The Labute approximate surface area is 228 Å². The van der Waals surface area contributed by atoms with Crippen LogP contribution < -0.4 is 15.0 Å². The van der Waals surface area contributed by atoms with Crippen molar-refractivity contribution < 1.29 is 31.5 Å². The van der Waals surface area contributed by atoms with E-state index in [9.17, 15) is 22.0 Å². The molecule has 1 N–H and O–H groups in total. The number of carbonyl (C=O) groups excluding carboxylic acids is 1. The first-order valence-electron chi connectivity index (χ1n) is 12.6. The number of benzene rings is 2. The fourth-order valence-electron chi connectivity index (χ4n) is 4.76. The van der Waals surface area contributed by atoms with Crippen molar-refractivity contribution >= 4 is 38.0 Å². The van der Waals surface area contributed by atoms with Crippen LogP contribution in [-0.4, -0.2) is 49.8 Å². The molecule has 0 aliphatic carbocycles. The molecule has 4 aromatic rings. The van der Waals surface area contributed by atoms with Crippen molar-refractivity contribution in [1.82, 2.24) is 15.3 Å². The van der Waals surface area contributed by atoms with E-state index in [1.165, 1.54) is 18.2 Å². The number of halogens is 2. The minimum absolute atomic E-state index is 0.110. The third-order valence-corrected chi connectivity index (χ3v) is 8.59. The molecule has 206 valence electrons. The molecule has 0 bridgehead atoms. The Morgan fingerprint density at radius 3 is 2.77 bits per heavy atom. The van der Waals surface area contributed by atoms with Gasteiger partial charge in [0.1, 0.15) is 12.3 Å². The minimum atomic E-state index is -3.54. The van der Waals surface area contributed by atoms with Gasteiger partial charge in [0, 0.05) is 22.8 Å². The number of rotatable bonds is 5. The molecule has 4 heterocycles. The molecule has 12 heteroatoms. The van der Waals surface area contributed by atoms with E-state index in [2.05, 4.69) is 15.3 Å². The van der Waals surface area contributed by atoms with Crippen molar-refractivity contribution in [3.63, 3.8) is 0 Å². The zero-order valence-corrected chi connectivity index (χ0v) is 22.0. The van der Waals surface area contributed by atoms with Gasteiger partial charge in [-0.3, -0.25) is 9.78 Å². The van der Waals surface area contributed by atoms with Crippen molar-refractivity contribution in [2.45, 2.75) is 24.5 Å². The molecule has 6 rings (SSSR count). The van der Waals surface area contributed by atoms with Crippen molar-refractivity contribution in [3.8, 4) is 5.75 Å². The standard InChI is InChI=1S/C28H24F2N4O5S/c29-26(30)23-5-6-24-27(33-23)34(7-8-39-24)22-4-3-18-14-31-21(11-20(18)12-22)15-32-28(35)17-1-2-19-16-38-9-10-40(36,37)25(19)13-17/h1-6,11-14,26H,7-10,15-16H2,(H,32,35). The number of alkyl halides is 2. The zero-order chi connectivity index (χ0) is 27.9. The largest absolute Gasteiger partial charge is 0.488 e. The Morgan fingerprint density at radius 1 is 1.05 bits per heavy atom. The zero-order valence-electron chi connectivity index (χ0n) is 21.1. The highest BCUT2D eigenvalue weighted by Gasteiger charge is 2.25. The highest BCUT2D eigenvalue weighted by Crippen LogP contribution is 2.37. The number of ether oxygens (including phenoxy) is 2. The third kappa shape index (κ3) is 5.07. The molecular formula is C28H24F2N4O5S. The lowest BCUT2D eigenvalue weighted by molar-refractivity contribution is 0.0950. The maximum Gasteiger partial charge on any atom is 0.280 e. The van der Waals surface area contributed by atoms with Gasteiger partial charge in [-0.15, -0.1) is 0 Å². The number of aromatic nitrogens is 2. The lowest BCUT2D eigenvalue weighted by Gasteiger charge is -2.30. The molecule has 9 nitrogen and oxygen atoms in total. The fourth-order valence-corrected chi connectivity index (χ4v) is 6.15. The molecule has 1 amide bonds. The van der Waals surface area contributed by atoms with Gasteiger partial charge >= 0.3 is 0 Å².